The molecule has 1 heterocycles. The van der Waals surface area contributed by atoms with Crippen LogP contribution in [0.2, 0.25) is 0 Å². The molecule has 1 unspecified atom stereocenters. The van der Waals surface area contributed by atoms with Gasteiger partial charge in [-0.25, -0.2) is 4.79 Å². The van der Waals surface area contributed by atoms with Crippen molar-refractivity contribution in [2.75, 3.05) is 26.6 Å². The predicted octanol–water partition coefficient (Wildman–Crippen LogP) is -0.617. The third-order valence-corrected chi connectivity index (χ3v) is 1.26. The second kappa shape index (κ2) is 6.36. The van der Waals surface area contributed by atoms with E-state index in [0.29, 0.717) is 6.61 Å². The van der Waals surface area contributed by atoms with Crippen LogP contribution >= 0.6 is 0 Å². The van der Waals surface area contributed by atoms with E-state index in [2.05, 4.69) is 4.74 Å². The van der Waals surface area contributed by atoms with Gasteiger partial charge in [-0.3, -0.25) is 0 Å². The molecule has 0 bridgehead atoms. The minimum Gasteiger partial charge on any atom is -0.475 e. The van der Waals surface area contributed by atoms with Gasteiger partial charge in [-0.15, -0.1) is 0 Å². The molecule has 0 radical (unpaired) electrons. The smallest absolute Gasteiger partial charge is 0.333 e. The molecule has 1 aliphatic heterocycles. The minimum absolute atomic E-state index is 0.0183. The van der Waals surface area contributed by atoms with Crippen LogP contribution in [0.4, 0.5) is 0 Å². The van der Waals surface area contributed by atoms with Crippen LogP contribution in [0.3, 0.4) is 0 Å². The summed E-state index contributed by atoms with van der Waals surface area (Å²) >= 11 is 0. The van der Waals surface area contributed by atoms with Gasteiger partial charge in [-0.05, 0) is 0 Å². The standard InChI is InChI=1S/C8H12O6/c9-2-4-12-7(10)1-3-11-6-14-8-5-13-8/h1,3,8-9H,2,4-6H2/b3-1+. The molecule has 0 saturated carbocycles. The lowest BCUT2D eigenvalue weighted by Crippen LogP contribution is -2.05. The molecule has 1 atom stereocenters. The third kappa shape index (κ3) is 5.52. The molecule has 80 valence electrons. The molecule has 1 N–H and O–H groups in total. The van der Waals surface area contributed by atoms with Gasteiger partial charge in [0.15, 0.2) is 13.1 Å². The fourth-order valence-electron chi connectivity index (χ4n) is 0.588. The van der Waals surface area contributed by atoms with Crippen molar-refractivity contribution in [1.29, 1.82) is 0 Å². The van der Waals surface area contributed by atoms with Crippen molar-refractivity contribution in [1.82, 2.24) is 0 Å². The lowest BCUT2D eigenvalue weighted by atomic mass is 10.6. The molecule has 1 saturated heterocycles. The Bertz CT molecular complexity index is 198. The van der Waals surface area contributed by atoms with E-state index in [-0.39, 0.29) is 26.3 Å². The van der Waals surface area contributed by atoms with Crippen molar-refractivity contribution < 1.29 is 28.8 Å². The number of esters is 1. The van der Waals surface area contributed by atoms with Crippen LogP contribution < -0.4 is 0 Å². The van der Waals surface area contributed by atoms with E-state index in [1.165, 1.54) is 6.26 Å². The van der Waals surface area contributed by atoms with Crippen molar-refractivity contribution in [2.45, 2.75) is 6.29 Å². The molecule has 0 aromatic heterocycles. The molecule has 0 amide bonds. The molecule has 0 aromatic carbocycles. The Hall–Kier alpha value is -1.11. The van der Waals surface area contributed by atoms with Gasteiger partial charge in [0.25, 0.3) is 0 Å². The first-order valence-electron chi connectivity index (χ1n) is 4.12. The molecule has 6 heteroatoms. The van der Waals surface area contributed by atoms with E-state index in [9.17, 15) is 4.79 Å². The zero-order chi connectivity index (χ0) is 10.2. The van der Waals surface area contributed by atoms with Crippen molar-refractivity contribution in [3.05, 3.63) is 12.3 Å². The van der Waals surface area contributed by atoms with Crippen LogP contribution in [-0.2, 0) is 23.7 Å². The minimum atomic E-state index is -0.568. The highest BCUT2D eigenvalue weighted by Crippen LogP contribution is 2.09. The average Bonchev–Trinajstić information content (AvgIpc) is 2.98. The number of carbonyl (C=O) groups is 1. The van der Waals surface area contributed by atoms with Crippen molar-refractivity contribution >= 4 is 5.97 Å². The van der Waals surface area contributed by atoms with Crippen LogP contribution in [0.1, 0.15) is 0 Å². The van der Waals surface area contributed by atoms with Gasteiger partial charge >= 0.3 is 5.97 Å². The summed E-state index contributed by atoms with van der Waals surface area (Å²) in [6.45, 7) is 0.415. The van der Waals surface area contributed by atoms with Gasteiger partial charge in [0.2, 0.25) is 0 Å². The van der Waals surface area contributed by atoms with Crippen LogP contribution in [0.5, 0.6) is 0 Å². The maximum absolute atomic E-state index is 10.7. The van der Waals surface area contributed by atoms with Crippen LogP contribution in [0.15, 0.2) is 12.3 Å². The molecule has 1 aliphatic rings. The van der Waals surface area contributed by atoms with Crippen LogP contribution in [0.25, 0.3) is 0 Å². The van der Waals surface area contributed by atoms with Crippen LogP contribution in [-0.4, -0.2) is 44.0 Å². The van der Waals surface area contributed by atoms with Crippen molar-refractivity contribution in [3.8, 4) is 0 Å². The monoisotopic (exact) mass is 204 g/mol. The Labute approximate surface area is 81.0 Å². The summed E-state index contributed by atoms with van der Waals surface area (Å²) in [5, 5.41) is 8.33. The van der Waals surface area contributed by atoms with E-state index in [0.717, 1.165) is 6.08 Å². The number of rotatable bonds is 7. The SMILES string of the molecule is O=C(/C=C/OCOC1CO1)OCCO. The molecular formula is C8H12O6. The summed E-state index contributed by atoms with van der Waals surface area (Å²) in [7, 11) is 0. The summed E-state index contributed by atoms with van der Waals surface area (Å²) < 4.78 is 19.0. The third-order valence-electron chi connectivity index (χ3n) is 1.26. The van der Waals surface area contributed by atoms with E-state index < -0.39 is 5.97 Å². The summed E-state index contributed by atoms with van der Waals surface area (Å²) in [6, 6.07) is 0. The maximum Gasteiger partial charge on any atom is 0.333 e. The second-order valence-electron chi connectivity index (χ2n) is 2.41. The highest BCUT2D eigenvalue weighted by molar-refractivity contribution is 5.81. The quantitative estimate of drug-likeness (QED) is 0.149. The lowest BCUT2D eigenvalue weighted by Gasteiger charge is -1.99. The first-order valence-corrected chi connectivity index (χ1v) is 4.12. The van der Waals surface area contributed by atoms with Gasteiger partial charge in [0.05, 0.1) is 18.9 Å². The van der Waals surface area contributed by atoms with E-state index in [1.54, 1.807) is 0 Å². The average molecular weight is 204 g/mol. The number of hydrogen-bond acceptors (Lipinski definition) is 6. The van der Waals surface area contributed by atoms with E-state index >= 15 is 0 Å². The van der Waals surface area contributed by atoms with Gasteiger partial charge in [-0.1, -0.05) is 0 Å². The molecule has 1 fully saturated rings. The number of carbonyl (C=O) groups excluding carboxylic acids is 1. The Morgan fingerprint density at radius 3 is 3.07 bits per heavy atom. The number of ether oxygens (including phenoxy) is 4. The van der Waals surface area contributed by atoms with E-state index in [1.807, 2.05) is 0 Å². The number of aliphatic hydroxyl groups is 1. The topological polar surface area (TPSA) is 77.5 Å². The van der Waals surface area contributed by atoms with Crippen molar-refractivity contribution in [3.63, 3.8) is 0 Å². The summed E-state index contributed by atoms with van der Waals surface area (Å²) in [5.74, 6) is -0.568. The largest absolute Gasteiger partial charge is 0.475 e. The van der Waals surface area contributed by atoms with Crippen molar-refractivity contribution in [2.24, 2.45) is 0 Å². The van der Waals surface area contributed by atoms with Gasteiger partial charge in [-0.2, -0.15) is 0 Å². The number of hydrogen-bond donors (Lipinski definition) is 1. The van der Waals surface area contributed by atoms with Gasteiger partial charge in [0, 0.05) is 0 Å². The normalized spacial score (nSPS) is 19.6. The fourth-order valence-corrected chi connectivity index (χ4v) is 0.588. The molecule has 14 heavy (non-hydrogen) atoms. The van der Waals surface area contributed by atoms with Gasteiger partial charge in [0.1, 0.15) is 13.2 Å². The molecule has 1 rings (SSSR count). The molecule has 0 aliphatic carbocycles. The predicted molar refractivity (Wildman–Crippen MR) is 44.0 cm³/mol. The lowest BCUT2D eigenvalue weighted by molar-refractivity contribution is -0.138. The summed E-state index contributed by atoms with van der Waals surface area (Å²) in [5.41, 5.74) is 0. The Morgan fingerprint density at radius 1 is 1.64 bits per heavy atom. The first kappa shape index (κ1) is 11.0. The summed E-state index contributed by atoms with van der Waals surface area (Å²) in [4.78, 5) is 10.7. The zero-order valence-corrected chi connectivity index (χ0v) is 7.55. The van der Waals surface area contributed by atoms with Gasteiger partial charge < -0.3 is 24.1 Å². The first-order chi connectivity index (χ1) is 6.83. The number of epoxide rings is 1. The molecule has 6 nitrogen and oxygen atoms in total. The fraction of sp³-hybridized carbons (Fsp3) is 0.625. The Balaban J connectivity index is 1.92. The molecular weight excluding hydrogens is 192 g/mol. The van der Waals surface area contributed by atoms with E-state index in [4.69, 9.17) is 19.3 Å². The zero-order valence-electron chi connectivity index (χ0n) is 7.55. The highest BCUT2D eigenvalue weighted by atomic mass is 16.8. The van der Waals surface area contributed by atoms with Crippen LogP contribution in [0, 0.1) is 0 Å². The number of aliphatic hydroxyl groups excluding tert-OH is 1. The Morgan fingerprint density at radius 2 is 2.43 bits per heavy atom. The highest BCUT2D eigenvalue weighted by Gasteiger charge is 2.22. The second-order valence-corrected chi connectivity index (χ2v) is 2.41. The molecule has 0 spiro atoms. The Kier molecular flexibility index (Phi) is 4.98. The maximum atomic E-state index is 10.7. The molecule has 0 aromatic rings. The summed E-state index contributed by atoms with van der Waals surface area (Å²) in [6.07, 6.45) is 2.11.